The van der Waals surface area contributed by atoms with Crippen molar-refractivity contribution in [2.45, 2.75) is 64.9 Å². The molecule has 3 N–H and O–H groups in total. The van der Waals surface area contributed by atoms with Crippen LogP contribution in [-0.2, 0) is 12.7 Å². The Morgan fingerprint density at radius 1 is 1.28 bits per heavy atom. The number of aromatic nitrogens is 3. The van der Waals surface area contributed by atoms with Gasteiger partial charge >= 0.3 is 6.18 Å². The average Bonchev–Trinajstić information content (AvgIpc) is 2.65. The van der Waals surface area contributed by atoms with E-state index < -0.39 is 23.3 Å². The fraction of sp³-hybridized carbons (Fsp3) is 0.550. The molecule has 0 bridgehead atoms. The molecule has 9 heteroatoms. The fourth-order valence-corrected chi connectivity index (χ4v) is 3.39. The van der Waals surface area contributed by atoms with Crippen molar-refractivity contribution in [1.82, 2.24) is 15.0 Å². The van der Waals surface area contributed by atoms with Crippen molar-refractivity contribution in [3.8, 4) is 0 Å². The molecule has 0 aromatic carbocycles. The predicted molar refractivity (Wildman–Crippen MR) is 105 cm³/mol. The molecule has 3 rings (SSSR count). The zero-order valence-electron chi connectivity index (χ0n) is 16.9. The number of halogens is 3. The van der Waals surface area contributed by atoms with E-state index in [-0.39, 0.29) is 23.7 Å². The van der Waals surface area contributed by atoms with Crippen molar-refractivity contribution in [1.29, 1.82) is 0 Å². The van der Waals surface area contributed by atoms with Crippen molar-refractivity contribution in [2.24, 2.45) is 5.41 Å². The molecule has 2 aromatic rings. The number of nitrogens with zero attached hydrogens (tertiary/aromatic N) is 3. The molecule has 2 atom stereocenters. The zero-order chi connectivity index (χ0) is 21.4. The van der Waals surface area contributed by atoms with E-state index in [9.17, 15) is 18.3 Å². The van der Waals surface area contributed by atoms with Crippen molar-refractivity contribution in [3.05, 3.63) is 41.3 Å². The SMILES string of the molecule is CC(C)c1ncccc1CNc1ncc(C(F)(F)F)c(N[C@@H]2C[C@H](O)C2(C)C)n1. The van der Waals surface area contributed by atoms with Crippen LogP contribution in [0.25, 0.3) is 0 Å². The predicted octanol–water partition coefficient (Wildman–Crippen LogP) is 4.20. The lowest BCUT2D eigenvalue weighted by Crippen LogP contribution is -2.57. The maximum Gasteiger partial charge on any atom is 0.421 e. The van der Waals surface area contributed by atoms with E-state index in [1.165, 1.54) is 0 Å². The van der Waals surface area contributed by atoms with E-state index >= 15 is 0 Å². The summed E-state index contributed by atoms with van der Waals surface area (Å²) in [7, 11) is 0. The van der Waals surface area contributed by atoms with Gasteiger partial charge in [0.1, 0.15) is 11.4 Å². The monoisotopic (exact) mass is 409 g/mol. The first-order valence-corrected chi connectivity index (χ1v) is 9.56. The molecule has 0 radical (unpaired) electrons. The van der Waals surface area contributed by atoms with Crippen LogP contribution in [-0.4, -0.2) is 32.2 Å². The van der Waals surface area contributed by atoms with Gasteiger partial charge in [-0.05, 0) is 24.0 Å². The Hall–Kier alpha value is -2.42. The van der Waals surface area contributed by atoms with Gasteiger partial charge in [-0.25, -0.2) is 4.98 Å². The summed E-state index contributed by atoms with van der Waals surface area (Å²) >= 11 is 0. The fourth-order valence-electron chi connectivity index (χ4n) is 3.39. The first-order chi connectivity index (χ1) is 13.5. The van der Waals surface area contributed by atoms with Crippen molar-refractivity contribution in [3.63, 3.8) is 0 Å². The topological polar surface area (TPSA) is 83.0 Å². The molecule has 29 heavy (non-hydrogen) atoms. The summed E-state index contributed by atoms with van der Waals surface area (Å²) in [6.45, 7) is 8.01. The lowest BCUT2D eigenvalue weighted by atomic mass is 9.64. The van der Waals surface area contributed by atoms with Gasteiger partial charge in [0, 0.05) is 36.1 Å². The molecule has 1 fully saturated rings. The summed E-state index contributed by atoms with van der Waals surface area (Å²) in [5.74, 6) is 0.0259. The maximum absolute atomic E-state index is 13.4. The number of nitrogens with one attached hydrogen (secondary N) is 2. The third kappa shape index (κ3) is 4.44. The molecule has 0 spiro atoms. The zero-order valence-corrected chi connectivity index (χ0v) is 16.9. The summed E-state index contributed by atoms with van der Waals surface area (Å²) in [6.07, 6.45) is -2.28. The first-order valence-electron chi connectivity index (χ1n) is 9.56. The summed E-state index contributed by atoms with van der Waals surface area (Å²) in [6, 6.07) is 3.41. The third-order valence-electron chi connectivity index (χ3n) is 5.53. The number of hydrogen-bond acceptors (Lipinski definition) is 6. The number of hydrogen-bond donors (Lipinski definition) is 3. The molecule has 0 aliphatic heterocycles. The number of pyridine rings is 1. The van der Waals surface area contributed by atoms with Crippen LogP contribution in [0.3, 0.4) is 0 Å². The molecular weight excluding hydrogens is 383 g/mol. The van der Waals surface area contributed by atoms with Crippen LogP contribution >= 0.6 is 0 Å². The van der Waals surface area contributed by atoms with Gasteiger partial charge in [-0.3, -0.25) is 4.98 Å². The summed E-state index contributed by atoms with van der Waals surface area (Å²) in [4.78, 5) is 12.3. The molecule has 158 valence electrons. The molecule has 0 amide bonds. The van der Waals surface area contributed by atoms with E-state index in [1.807, 2.05) is 39.8 Å². The quantitative estimate of drug-likeness (QED) is 0.663. The van der Waals surface area contributed by atoms with Crippen LogP contribution in [0, 0.1) is 5.41 Å². The second-order valence-corrected chi connectivity index (χ2v) is 8.28. The van der Waals surface area contributed by atoms with Crippen LogP contribution < -0.4 is 10.6 Å². The molecule has 1 aliphatic rings. The minimum absolute atomic E-state index is 0.0942. The molecule has 0 unspecified atom stereocenters. The highest BCUT2D eigenvalue weighted by Crippen LogP contribution is 2.43. The smallest absolute Gasteiger partial charge is 0.392 e. The van der Waals surface area contributed by atoms with E-state index in [1.54, 1.807) is 6.20 Å². The van der Waals surface area contributed by atoms with Gasteiger partial charge in [0.2, 0.25) is 5.95 Å². The summed E-state index contributed by atoms with van der Waals surface area (Å²) < 4.78 is 40.2. The van der Waals surface area contributed by atoms with Crippen molar-refractivity contribution >= 4 is 11.8 Å². The van der Waals surface area contributed by atoms with E-state index in [2.05, 4.69) is 25.6 Å². The van der Waals surface area contributed by atoms with Gasteiger partial charge in [0.15, 0.2) is 0 Å². The lowest BCUT2D eigenvalue weighted by Gasteiger charge is -2.49. The highest BCUT2D eigenvalue weighted by molar-refractivity contribution is 5.50. The Balaban J connectivity index is 1.82. The Morgan fingerprint density at radius 3 is 2.59 bits per heavy atom. The van der Waals surface area contributed by atoms with Gasteiger partial charge in [0.05, 0.1) is 6.10 Å². The Bertz CT molecular complexity index is 869. The Morgan fingerprint density at radius 2 is 2.00 bits per heavy atom. The van der Waals surface area contributed by atoms with Crippen LogP contribution in [0.2, 0.25) is 0 Å². The standard InChI is InChI=1S/C20H26F3N5O/c1-11(2)16-12(6-5-7-24-16)9-25-18-26-10-13(20(21,22)23)17(28-18)27-14-8-15(29)19(14,3)4/h5-7,10-11,14-15,29H,8-9H2,1-4H3,(H2,25,26,27,28)/t14-,15+/m1/s1. The van der Waals surface area contributed by atoms with E-state index in [0.717, 1.165) is 17.5 Å². The third-order valence-corrected chi connectivity index (χ3v) is 5.53. The van der Waals surface area contributed by atoms with Gasteiger partial charge in [-0.2, -0.15) is 18.2 Å². The lowest BCUT2D eigenvalue weighted by molar-refractivity contribution is -0.137. The minimum atomic E-state index is -4.58. The largest absolute Gasteiger partial charge is 0.421 e. The molecule has 1 aliphatic carbocycles. The number of aliphatic hydroxyl groups excluding tert-OH is 1. The average molecular weight is 409 g/mol. The Kier molecular flexibility index (Phi) is 5.71. The highest BCUT2D eigenvalue weighted by Gasteiger charge is 2.48. The Labute approximate surface area is 168 Å². The normalized spacial score (nSPS) is 21.0. The van der Waals surface area contributed by atoms with Crippen molar-refractivity contribution < 1.29 is 18.3 Å². The highest BCUT2D eigenvalue weighted by atomic mass is 19.4. The second-order valence-electron chi connectivity index (χ2n) is 8.28. The van der Waals surface area contributed by atoms with E-state index in [0.29, 0.717) is 13.0 Å². The molecule has 2 heterocycles. The number of aliphatic hydroxyl groups is 1. The molecule has 6 nitrogen and oxygen atoms in total. The number of rotatable bonds is 6. The first kappa shape index (κ1) is 21.3. The van der Waals surface area contributed by atoms with Crippen molar-refractivity contribution in [2.75, 3.05) is 10.6 Å². The second kappa shape index (κ2) is 7.78. The van der Waals surface area contributed by atoms with Crippen LogP contribution in [0.5, 0.6) is 0 Å². The van der Waals surface area contributed by atoms with E-state index in [4.69, 9.17) is 0 Å². The summed E-state index contributed by atoms with van der Waals surface area (Å²) in [5, 5.41) is 15.7. The molecule has 0 saturated heterocycles. The van der Waals surface area contributed by atoms with Gasteiger partial charge in [0.25, 0.3) is 0 Å². The summed E-state index contributed by atoms with van der Waals surface area (Å²) in [5.41, 5.74) is 0.382. The number of anilines is 2. The number of alkyl halides is 3. The molecule has 1 saturated carbocycles. The van der Waals surface area contributed by atoms with Gasteiger partial charge in [-0.1, -0.05) is 33.8 Å². The van der Waals surface area contributed by atoms with Gasteiger partial charge in [-0.15, -0.1) is 0 Å². The van der Waals surface area contributed by atoms with Gasteiger partial charge < -0.3 is 15.7 Å². The van der Waals surface area contributed by atoms with Crippen LogP contribution in [0.15, 0.2) is 24.5 Å². The maximum atomic E-state index is 13.4. The minimum Gasteiger partial charge on any atom is -0.392 e. The van der Waals surface area contributed by atoms with Crippen LogP contribution in [0.1, 0.15) is 56.9 Å². The molecular formula is C20H26F3N5O. The van der Waals surface area contributed by atoms with Crippen LogP contribution in [0.4, 0.5) is 24.9 Å². The molecule has 2 aromatic heterocycles.